The Labute approximate surface area is 80.8 Å². The zero-order chi connectivity index (χ0) is 10.1. The molecule has 0 atom stereocenters. The van der Waals surface area contributed by atoms with E-state index in [1.54, 1.807) is 0 Å². The lowest BCUT2D eigenvalue weighted by Gasteiger charge is -2.15. The van der Waals surface area contributed by atoms with Gasteiger partial charge in [-0.2, -0.15) is 0 Å². The molecule has 72 valence electrons. The molecule has 0 radical (unpaired) electrons. The maximum atomic E-state index is 2.21. The van der Waals surface area contributed by atoms with Gasteiger partial charge in [0.2, 0.25) is 0 Å². The Bertz CT molecular complexity index is 267. The molecule has 0 aliphatic rings. The van der Waals surface area contributed by atoms with Crippen LogP contribution in [0.5, 0.6) is 0 Å². The zero-order valence-corrected chi connectivity index (χ0v) is 9.20. The predicted molar refractivity (Wildman–Crippen MR) is 56.0 cm³/mol. The van der Waals surface area contributed by atoms with Crippen molar-refractivity contribution < 1.29 is 4.57 Å². The fourth-order valence-corrected chi connectivity index (χ4v) is 1.16. The first-order valence-electron chi connectivity index (χ1n) is 4.60. The summed E-state index contributed by atoms with van der Waals surface area (Å²) in [6.45, 7) is 6.59. The van der Waals surface area contributed by atoms with Gasteiger partial charge in [0.1, 0.15) is 0 Å². The lowest BCUT2D eigenvalue weighted by molar-refractivity contribution is -0.754. The lowest BCUT2D eigenvalue weighted by Crippen LogP contribution is -2.49. The summed E-state index contributed by atoms with van der Waals surface area (Å²) in [5, 5.41) is 0. The highest BCUT2D eigenvalue weighted by molar-refractivity contribution is 5.41. The molecule has 2 nitrogen and oxygen atoms in total. The van der Waals surface area contributed by atoms with E-state index < -0.39 is 0 Å². The molecular weight excluding hydrogens is 160 g/mol. The largest absolute Gasteiger partial charge is 0.377 e. The van der Waals surface area contributed by atoms with E-state index >= 15 is 0 Å². The van der Waals surface area contributed by atoms with Gasteiger partial charge in [-0.15, -0.1) is 0 Å². The van der Waals surface area contributed by atoms with Crippen molar-refractivity contribution in [1.29, 1.82) is 0 Å². The predicted octanol–water partition coefficient (Wildman–Crippen LogP) is 1.80. The van der Waals surface area contributed by atoms with Crippen molar-refractivity contribution in [3.63, 3.8) is 0 Å². The van der Waals surface area contributed by atoms with E-state index in [1.807, 2.05) is 0 Å². The third-order valence-electron chi connectivity index (χ3n) is 2.10. The Morgan fingerprint density at radius 1 is 1.08 bits per heavy atom. The number of aromatic nitrogens is 1. The average Bonchev–Trinajstić information content (AvgIpc) is 2.03. The van der Waals surface area contributed by atoms with Gasteiger partial charge in [-0.05, 0) is 0 Å². The molecule has 0 bridgehead atoms. The third-order valence-corrected chi connectivity index (χ3v) is 2.10. The Morgan fingerprint density at radius 2 is 1.54 bits per heavy atom. The first-order chi connectivity index (χ1) is 5.91. The van der Waals surface area contributed by atoms with Gasteiger partial charge in [-0.3, -0.25) is 0 Å². The van der Waals surface area contributed by atoms with Crippen molar-refractivity contribution in [3.05, 3.63) is 24.5 Å². The van der Waals surface area contributed by atoms with Gasteiger partial charge in [0.05, 0.1) is 0 Å². The highest BCUT2D eigenvalue weighted by Gasteiger charge is 2.20. The summed E-state index contributed by atoms with van der Waals surface area (Å²) in [5.74, 6) is 0. The summed E-state index contributed by atoms with van der Waals surface area (Å²) in [5.41, 5.74) is 1.41. The normalized spacial score (nSPS) is 11.5. The summed E-state index contributed by atoms with van der Waals surface area (Å²) in [6, 6.07) is 4.26. The van der Waals surface area contributed by atoms with Gasteiger partial charge < -0.3 is 4.90 Å². The van der Waals surface area contributed by atoms with Gasteiger partial charge in [-0.1, -0.05) is 0 Å². The van der Waals surface area contributed by atoms with Gasteiger partial charge >= 0.3 is 0 Å². The maximum absolute atomic E-state index is 2.21. The van der Waals surface area contributed by atoms with E-state index in [1.165, 1.54) is 5.69 Å². The van der Waals surface area contributed by atoms with E-state index in [0.717, 1.165) is 0 Å². The molecule has 1 aromatic rings. The highest BCUT2D eigenvalue weighted by Crippen LogP contribution is 2.09. The molecule has 0 saturated heterocycles. The third kappa shape index (κ3) is 2.44. The SMILES string of the molecule is CN(C)c1cc[n+](C(C)(C)C)cc1. The summed E-state index contributed by atoms with van der Waals surface area (Å²) >= 11 is 0. The van der Waals surface area contributed by atoms with Gasteiger partial charge in [-0.25, -0.2) is 4.57 Å². The van der Waals surface area contributed by atoms with Gasteiger partial charge in [0, 0.05) is 52.7 Å². The topological polar surface area (TPSA) is 7.12 Å². The molecule has 13 heavy (non-hydrogen) atoms. The quantitative estimate of drug-likeness (QED) is 0.596. The zero-order valence-electron chi connectivity index (χ0n) is 9.20. The molecule has 0 amide bonds. The van der Waals surface area contributed by atoms with Crippen LogP contribution in [0, 0.1) is 0 Å². The minimum atomic E-state index is 0.171. The van der Waals surface area contributed by atoms with Crippen LogP contribution in [0.25, 0.3) is 0 Å². The molecular formula is C11H19N2+. The molecule has 1 aromatic heterocycles. The first-order valence-corrected chi connectivity index (χ1v) is 4.60. The summed E-state index contributed by atoms with van der Waals surface area (Å²) in [6.07, 6.45) is 4.24. The van der Waals surface area contributed by atoms with E-state index in [2.05, 4.69) is 68.9 Å². The minimum Gasteiger partial charge on any atom is -0.377 e. The summed E-state index contributed by atoms with van der Waals surface area (Å²) < 4.78 is 2.21. The number of hydrogen-bond acceptors (Lipinski definition) is 1. The van der Waals surface area contributed by atoms with Crippen LogP contribution in [0.1, 0.15) is 20.8 Å². The number of rotatable bonds is 1. The molecule has 2 heteroatoms. The van der Waals surface area contributed by atoms with Crippen LogP contribution in [-0.2, 0) is 5.54 Å². The second-order valence-electron chi connectivity index (χ2n) is 4.53. The van der Waals surface area contributed by atoms with Crippen molar-refractivity contribution in [1.82, 2.24) is 0 Å². The number of pyridine rings is 1. The summed E-state index contributed by atoms with van der Waals surface area (Å²) in [4.78, 5) is 2.10. The Morgan fingerprint density at radius 3 is 1.85 bits per heavy atom. The van der Waals surface area contributed by atoms with Crippen molar-refractivity contribution in [3.8, 4) is 0 Å². The van der Waals surface area contributed by atoms with E-state index in [9.17, 15) is 0 Å². The van der Waals surface area contributed by atoms with Crippen LogP contribution in [0.15, 0.2) is 24.5 Å². The molecule has 0 unspecified atom stereocenters. The molecule has 1 rings (SSSR count). The molecule has 0 spiro atoms. The number of anilines is 1. The maximum Gasteiger partial charge on any atom is 0.171 e. The number of hydrogen-bond donors (Lipinski definition) is 0. The van der Waals surface area contributed by atoms with Crippen LogP contribution in [-0.4, -0.2) is 14.1 Å². The molecule has 0 aliphatic heterocycles. The van der Waals surface area contributed by atoms with Crippen molar-refractivity contribution in [2.24, 2.45) is 0 Å². The first kappa shape index (κ1) is 10.0. The average molecular weight is 179 g/mol. The monoisotopic (exact) mass is 179 g/mol. The molecule has 0 aliphatic carbocycles. The van der Waals surface area contributed by atoms with Gasteiger partial charge in [0.15, 0.2) is 17.9 Å². The molecule has 0 fully saturated rings. The Kier molecular flexibility index (Phi) is 2.60. The lowest BCUT2D eigenvalue weighted by atomic mass is 10.1. The standard InChI is InChI=1S/C11H19N2/c1-11(2,3)13-8-6-10(7-9-13)12(4)5/h6-9H,1-5H3/q+1. The molecule has 0 N–H and O–H groups in total. The van der Waals surface area contributed by atoms with E-state index in [4.69, 9.17) is 0 Å². The van der Waals surface area contributed by atoms with Crippen LogP contribution in [0.4, 0.5) is 5.69 Å². The number of nitrogens with zero attached hydrogens (tertiary/aromatic N) is 2. The van der Waals surface area contributed by atoms with Crippen LogP contribution >= 0.6 is 0 Å². The fraction of sp³-hybridized carbons (Fsp3) is 0.545. The second kappa shape index (κ2) is 3.36. The van der Waals surface area contributed by atoms with E-state index in [0.29, 0.717) is 0 Å². The van der Waals surface area contributed by atoms with Crippen molar-refractivity contribution in [2.45, 2.75) is 26.3 Å². The molecule has 0 saturated carbocycles. The minimum absolute atomic E-state index is 0.171. The van der Waals surface area contributed by atoms with Crippen LogP contribution in [0.3, 0.4) is 0 Å². The molecule has 1 heterocycles. The van der Waals surface area contributed by atoms with Crippen molar-refractivity contribution >= 4 is 5.69 Å². The van der Waals surface area contributed by atoms with Crippen molar-refractivity contribution in [2.75, 3.05) is 19.0 Å². The van der Waals surface area contributed by atoms with Crippen LogP contribution < -0.4 is 9.47 Å². The fourth-order valence-electron chi connectivity index (χ4n) is 1.16. The highest BCUT2D eigenvalue weighted by atomic mass is 15.1. The smallest absolute Gasteiger partial charge is 0.171 e. The van der Waals surface area contributed by atoms with E-state index in [-0.39, 0.29) is 5.54 Å². The second-order valence-corrected chi connectivity index (χ2v) is 4.53. The summed E-state index contributed by atoms with van der Waals surface area (Å²) in [7, 11) is 4.10. The Balaban J connectivity index is 2.94. The van der Waals surface area contributed by atoms with Crippen LogP contribution in [0.2, 0.25) is 0 Å². The Hall–Kier alpha value is -1.05. The van der Waals surface area contributed by atoms with Gasteiger partial charge in [0.25, 0.3) is 0 Å². The molecule has 0 aromatic carbocycles.